The van der Waals surface area contributed by atoms with Crippen LogP contribution in [-0.2, 0) is 13.1 Å². The molecule has 0 spiro atoms. The van der Waals surface area contributed by atoms with Crippen LogP contribution in [0.2, 0.25) is 4.34 Å². The summed E-state index contributed by atoms with van der Waals surface area (Å²) >= 11 is 7.45. The number of thiophene rings is 1. The van der Waals surface area contributed by atoms with Gasteiger partial charge in [0.25, 0.3) is 11.5 Å². The lowest BCUT2D eigenvalue weighted by Crippen LogP contribution is -2.22. The zero-order valence-electron chi connectivity index (χ0n) is 23.5. The summed E-state index contributed by atoms with van der Waals surface area (Å²) in [5.41, 5.74) is 0.0872. The highest BCUT2D eigenvalue weighted by Crippen LogP contribution is 2.29. The Labute approximate surface area is 265 Å². The van der Waals surface area contributed by atoms with E-state index in [2.05, 4.69) is 10.4 Å². The lowest BCUT2D eigenvalue weighted by Gasteiger charge is -2.12. The molecule has 6 rings (SSSR count). The molecule has 10 nitrogen and oxygen atoms in total. The zero-order valence-corrected chi connectivity index (χ0v) is 25.0. The number of ketones is 1. The fraction of sp³-hybridized carbons (Fsp3) is 0.0909. The number of hydrogen-bond donors (Lipinski definition) is 3. The highest BCUT2D eigenvalue weighted by Gasteiger charge is 2.24. The van der Waals surface area contributed by atoms with Crippen LogP contribution in [0.5, 0.6) is 5.75 Å². The number of furan rings is 1. The molecule has 4 aromatic heterocycles. The molecule has 0 amide bonds. The van der Waals surface area contributed by atoms with Gasteiger partial charge in [-0.05, 0) is 48.0 Å². The van der Waals surface area contributed by atoms with Gasteiger partial charge >= 0.3 is 0 Å². The number of aliphatic hydroxyl groups excluding tert-OH is 1. The number of hydrogen-bond acceptors (Lipinski definition) is 9. The largest absolute Gasteiger partial charge is 0.507 e. The van der Waals surface area contributed by atoms with Gasteiger partial charge in [0.2, 0.25) is 0 Å². The van der Waals surface area contributed by atoms with Crippen LogP contribution in [0.15, 0.2) is 113 Å². The third-order valence-corrected chi connectivity index (χ3v) is 8.27. The second-order valence-electron chi connectivity index (χ2n) is 10.0. The fourth-order valence-electron chi connectivity index (χ4n) is 4.78. The molecule has 0 bridgehead atoms. The first-order valence-corrected chi connectivity index (χ1v) is 14.9. The predicted octanol–water partition coefficient (Wildman–Crippen LogP) is 5.99. The number of anilines is 1. The second kappa shape index (κ2) is 12.8. The Kier molecular flexibility index (Phi) is 8.47. The van der Waals surface area contributed by atoms with Crippen LogP contribution in [0.4, 0.5) is 5.82 Å². The van der Waals surface area contributed by atoms with Gasteiger partial charge in [-0.25, -0.2) is 0 Å². The Morgan fingerprint density at radius 1 is 0.978 bits per heavy atom. The van der Waals surface area contributed by atoms with Crippen LogP contribution in [0.1, 0.15) is 43.0 Å². The molecule has 45 heavy (non-hydrogen) atoms. The van der Waals surface area contributed by atoms with Gasteiger partial charge in [-0.1, -0.05) is 54.1 Å². The molecule has 0 saturated heterocycles. The van der Waals surface area contributed by atoms with E-state index in [4.69, 9.17) is 16.0 Å². The number of nitrogens with zero attached hydrogens (tertiary/aromatic N) is 3. The zero-order chi connectivity index (χ0) is 31.5. The predicted molar refractivity (Wildman–Crippen MR) is 170 cm³/mol. The quantitative estimate of drug-likeness (QED) is 0.155. The molecule has 6 aromatic rings. The molecule has 2 aromatic carbocycles. The molecule has 226 valence electrons. The molecule has 0 aliphatic rings. The Hall–Kier alpha value is -5.23. The average Bonchev–Trinajstić information content (AvgIpc) is 3.83. The highest BCUT2D eigenvalue weighted by atomic mass is 35.5. The SMILES string of the molecule is O=C(c1cccc(C(=O)n2nc(-c3c(O)ccn(Cc4ccco4)c3=O)cc2NCc2ccc(Cl)s2)c1)C(O)c1ccccc1. The van der Waals surface area contributed by atoms with Crippen molar-refractivity contribution in [3.63, 3.8) is 0 Å². The third-order valence-electron chi connectivity index (χ3n) is 7.04. The van der Waals surface area contributed by atoms with Gasteiger partial charge in [0.05, 0.1) is 23.7 Å². The van der Waals surface area contributed by atoms with Crippen molar-refractivity contribution >= 4 is 40.4 Å². The maximum atomic E-state index is 13.9. The summed E-state index contributed by atoms with van der Waals surface area (Å²) in [5.74, 6) is -0.717. The van der Waals surface area contributed by atoms with Gasteiger partial charge in [-0.2, -0.15) is 9.78 Å². The average molecular weight is 641 g/mol. The topological polar surface area (TPSA) is 140 Å². The van der Waals surface area contributed by atoms with Gasteiger partial charge in [-0.3, -0.25) is 14.4 Å². The number of aromatic nitrogens is 3. The number of nitrogens with one attached hydrogen (secondary N) is 1. The van der Waals surface area contributed by atoms with E-state index < -0.39 is 23.4 Å². The van der Waals surface area contributed by atoms with E-state index in [1.54, 1.807) is 54.6 Å². The number of halogens is 1. The van der Waals surface area contributed by atoms with Crippen molar-refractivity contribution in [2.45, 2.75) is 19.2 Å². The van der Waals surface area contributed by atoms with Gasteiger partial charge in [0.1, 0.15) is 34.7 Å². The van der Waals surface area contributed by atoms with Crippen LogP contribution in [0.25, 0.3) is 11.3 Å². The fourth-order valence-corrected chi connectivity index (χ4v) is 5.81. The van der Waals surface area contributed by atoms with Crippen molar-refractivity contribution in [1.82, 2.24) is 14.3 Å². The normalized spacial score (nSPS) is 11.8. The van der Waals surface area contributed by atoms with E-state index >= 15 is 0 Å². The standard InChI is InChI=1S/C33H25ClN4O6S/c34-27-12-11-24(45-27)18-35-28-17-25(29-26(39)13-14-37(33(29)43)19-23-10-5-15-44-23)36-38(28)32(42)22-9-4-8-21(16-22)31(41)30(40)20-6-2-1-3-7-20/h1-17,30,35,39-40H,18-19H2. The minimum absolute atomic E-state index is 0.0538. The molecule has 4 heterocycles. The number of rotatable bonds is 10. The van der Waals surface area contributed by atoms with Gasteiger partial charge in [0.15, 0.2) is 5.78 Å². The molecule has 1 atom stereocenters. The number of aliphatic hydroxyl groups is 1. The molecule has 0 radical (unpaired) electrons. The van der Waals surface area contributed by atoms with Crippen molar-refractivity contribution in [2.24, 2.45) is 0 Å². The summed E-state index contributed by atoms with van der Waals surface area (Å²) in [6, 6.07) is 24.4. The minimum Gasteiger partial charge on any atom is -0.507 e. The van der Waals surface area contributed by atoms with E-state index in [0.29, 0.717) is 22.2 Å². The van der Waals surface area contributed by atoms with Gasteiger partial charge < -0.3 is 24.5 Å². The summed E-state index contributed by atoms with van der Waals surface area (Å²) in [6.45, 7) is 0.416. The van der Waals surface area contributed by atoms with E-state index in [0.717, 1.165) is 9.56 Å². The molecule has 3 N–H and O–H groups in total. The molecular weight excluding hydrogens is 616 g/mol. The molecule has 12 heteroatoms. The highest BCUT2D eigenvalue weighted by molar-refractivity contribution is 7.16. The van der Waals surface area contributed by atoms with Crippen molar-refractivity contribution in [3.8, 4) is 17.0 Å². The summed E-state index contributed by atoms with van der Waals surface area (Å²) in [5, 5.41) is 29.0. The Balaban J connectivity index is 1.37. The first-order chi connectivity index (χ1) is 21.8. The first-order valence-electron chi connectivity index (χ1n) is 13.7. The lowest BCUT2D eigenvalue weighted by molar-refractivity contribution is 0.0747. The summed E-state index contributed by atoms with van der Waals surface area (Å²) in [6.07, 6.45) is 1.53. The van der Waals surface area contributed by atoms with Crippen molar-refractivity contribution in [3.05, 3.63) is 145 Å². The number of carbonyl (C=O) groups excluding carboxylic acids is 2. The maximum Gasteiger partial charge on any atom is 0.280 e. The molecule has 1 unspecified atom stereocenters. The maximum absolute atomic E-state index is 13.9. The van der Waals surface area contributed by atoms with Crippen molar-refractivity contribution < 1.29 is 24.2 Å². The Bertz CT molecular complexity index is 2050. The van der Waals surface area contributed by atoms with Crippen LogP contribution in [0, 0.1) is 0 Å². The first kappa shape index (κ1) is 29.8. The molecule has 0 saturated carbocycles. The summed E-state index contributed by atoms with van der Waals surface area (Å²) < 4.78 is 8.41. The minimum atomic E-state index is -1.41. The van der Waals surface area contributed by atoms with Crippen molar-refractivity contribution in [1.29, 1.82) is 0 Å². The van der Waals surface area contributed by atoms with Crippen LogP contribution in [-0.4, -0.2) is 36.3 Å². The summed E-state index contributed by atoms with van der Waals surface area (Å²) in [4.78, 5) is 41.4. The van der Waals surface area contributed by atoms with E-state index in [-0.39, 0.29) is 40.5 Å². The van der Waals surface area contributed by atoms with Crippen molar-refractivity contribution in [2.75, 3.05) is 5.32 Å². The molecular formula is C33H25ClN4O6S. The van der Waals surface area contributed by atoms with Crippen LogP contribution >= 0.6 is 22.9 Å². The van der Waals surface area contributed by atoms with E-state index in [1.165, 1.54) is 58.7 Å². The third kappa shape index (κ3) is 6.36. The van der Waals surface area contributed by atoms with Crippen LogP contribution < -0.4 is 10.9 Å². The number of pyridine rings is 1. The number of carbonyl (C=O) groups is 2. The number of aromatic hydroxyl groups is 1. The monoisotopic (exact) mass is 640 g/mol. The molecule has 0 aliphatic heterocycles. The Morgan fingerprint density at radius 2 is 1.78 bits per heavy atom. The smallest absolute Gasteiger partial charge is 0.280 e. The van der Waals surface area contributed by atoms with Gasteiger partial charge in [0, 0.05) is 28.3 Å². The lowest BCUT2D eigenvalue weighted by atomic mass is 9.98. The second-order valence-corrected chi connectivity index (χ2v) is 11.8. The van der Waals surface area contributed by atoms with Crippen LogP contribution in [0.3, 0.4) is 0 Å². The molecule has 0 fully saturated rings. The molecule has 0 aliphatic carbocycles. The van der Waals surface area contributed by atoms with E-state index in [1.807, 2.05) is 6.07 Å². The number of benzene rings is 2. The summed E-state index contributed by atoms with van der Waals surface area (Å²) in [7, 11) is 0. The number of Topliss-reactive ketones (excluding diaryl/α,β-unsaturated/α-hetero) is 1. The Morgan fingerprint density at radius 3 is 2.51 bits per heavy atom. The van der Waals surface area contributed by atoms with E-state index in [9.17, 15) is 24.6 Å². The van der Waals surface area contributed by atoms with Gasteiger partial charge in [-0.15, -0.1) is 11.3 Å².